The van der Waals surface area contributed by atoms with Crippen molar-refractivity contribution in [2.24, 2.45) is 5.92 Å². The number of nitrogens with two attached hydrogens (primary N) is 1. The van der Waals surface area contributed by atoms with Crippen molar-refractivity contribution in [2.45, 2.75) is 38.1 Å². The molecule has 2 heterocycles. The van der Waals surface area contributed by atoms with E-state index in [0.717, 1.165) is 48.0 Å². The number of imidazole rings is 1. The molecule has 1 amide bonds. The van der Waals surface area contributed by atoms with Crippen LogP contribution in [-0.4, -0.2) is 45.6 Å². The molecule has 0 atom stereocenters. The summed E-state index contributed by atoms with van der Waals surface area (Å²) in [5.74, 6) is -0.828. The van der Waals surface area contributed by atoms with E-state index in [0.29, 0.717) is 24.1 Å². The molecule has 2 aromatic heterocycles. The number of aromatic nitrogens is 4. The Kier molecular flexibility index (Phi) is 6.36. The summed E-state index contributed by atoms with van der Waals surface area (Å²) in [6, 6.07) is 10.3. The van der Waals surface area contributed by atoms with E-state index in [-0.39, 0.29) is 41.5 Å². The third-order valence-corrected chi connectivity index (χ3v) is 7.09. The Morgan fingerprint density at radius 1 is 1.18 bits per heavy atom. The van der Waals surface area contributed by atoms with Gasteiger partial charge in [-0.25, -0.2) is 18.9 Å². The average Bonchev–Trinajstić information content (AvgIpc) is 3.37. The van der Waals surface area contributed by atoms with E-state index >= 15 is 0 Å². The smallest absolute Gasteiger partial charge is 0.308 e. The van der Waals surface area contributed by atoms with Gasteiger partial charge < -0.3 is 20.5 Å². The first-order valence-electron chi connectivity index (χ1n) is 14.0. The lowest BCUT2D eigenvalue weighted by molar-refractivity contribution is -0.146. The van der Waals surface area contributed by atoms with Gasteiger partial charge in [0.15, 0.2) is 5.82 Å². The Morgan fingerprint density at radius 2 is 1.95 bits per heavy atom. The highest BCUT2D eigenvalue weighted by Crippen LogP contribution is 2.38. The van der Waals surface area contributed by atoms with Crippen LogP contribution in [0.1, 0.15) is 57.5 Å². The van der Waals surface area contributed by atoms with Crippen molar-refractivity contribution in [3.05, 3.63) is 71.6 Å². The van der Waals surface area contributed by atoms with Gasteiger partial charge in [-0.1, -0.05) is 24.3 Å². The van der Waals surface area contributed by atoms with Crippen LogP contribution >= 0.6 is 0 Å². The number of carbonyl (C=O) groups is 2. The first kappa shape index (κ1) is 22.4. The number of benzene rings is 2. The Labute approximate surface area is 228 Å². The number of nitrogen functional groups attached to an aromatic ring is 1. The van der Waals surface area contributed by atoms with Gasteiger partial charge in [0.2, 0.25) is 0 Å². The minimum Gasteiger partial charge on any atom is -0.496 e. The first-order valence-corrected chi connectivity index (χ1v) is 12.5. The molecule has 1 fully saturated rings. The number of rotatable bonds is 7. The van der Waals surface area contributed by atoms with E-state index < -0.39 is 18.8 Å². The number of esters is 1. The van der Waals surface area contributed by atoms with Crippen LogP contribution in [0.4, 0.5) is 10.2 Å². The summed E-state index contributed by atoms with van der Waals surface area (Å²) < 4.78 is 47.2. The lowest BCUT2D eigenvalue weighted by atomic mass is 9.81. The number of hydrogen-bond acceptors (Lipinski definition) is 8. The zero-order chi connectivity index (χ0) is 30.0. The molecule has 1 saturated carbocycles. The van der Waals surface area contributed by atoms with E-state index in [9.17, 15) is 14.0 Å². The standard InChI is InChI=1S/C28H29FN6O4/c1-38-22-12-11-20(29)13-21(22)27(36)31-14-16-3-5-17(6-4-16)23-24-25(30)32-15-33-35(24)26(34-23)18-7-9-19(10-8-18)28(37)39-2/h3-6,11-13,15,18-19H,7-10,14H2,1-2H3,(H,31,36)(H2,30,32,33)/i1D3. The van der Waals surface area contributed by atoms with Crippen molar-refractivity contribution in [3.63, 3.8) is 0 Å². The monoisotopic (exact) mass is 535 g/mol. The molecule has 0 saturated heterocycles. The molecule has 1 aliphatic rings. The fraction of sp³-hybridized carbons (Fsp3) is 0.321. The number of methoxy groups -OCH3 is 2. The van der Waals surface area contributed by atoms with Gasteiger partial charge in [0.05, 0.1) is 29.7 Å². The lowest BCUT2D eigenvalue weighted by Gasteiger charge is -2.25. The van der Waals surface area contributed by atoms with Crippen LogP contribution in [0.2, 0.25) is 0 Å². The normalized spacial score (nSPS) is 18.6. The summed E-state index contributed by atoms with van der Waals surface area (Å²) in [5.41, 5.74) is 8.71. The molecule has 0 radical (unpaired) electrons. The number of carbonyl (C=O) groups excluding carboxylic acids is 2. The summed E-state index contributed by atoms with van der Waals surface area (Å²) in [7, 11) is -1.39. The molecule has 11 heteroatoms. The predicted molar refractivity (Wildman–Crippen MR) is 141 cm³/mol. The lowest BCUT2D eigenvalue weighted by Crippen LogP contribution is -2.23. The van der Waals surface area contributed by atoms with E-state index in [4.69, 9.17) is 24.3 Å². The molecular formula is C28H29FN6O4. The summed E-state index contributed by atoms with van der Waals surface area (Å²) in [6.45, 7) is 0.0900. The maximum atomic E-state index is 13.8. The second-order valence-electron chi connectivity index (χ2n) is 9.42. The molecular weight excluding hydrogens is 503 g/mol. The minimum absolute atomic E-state index is 0.0814. The second-order valence-corrected chi connectivity index (χ2v) is 9.42. The quantitative estimate of drug-likeness (QED) is 0.341. The average molecular weight is 536 g/mol. The van der Waals surface area contributed by atoms with E-state index in [1.165, 1.54) is 13.4 Å². The molecule has 1 aliphatic carbocycles. The van der Waals surface area contributed by atoms with Crippen molar-refractivity contribution >= 4 is 23.2 Å². The highest BCUT2D eigenvalue weighted by atomic mass is 19.1. The van der Waals surface area contributed by atoms with Gasteiger partial charge in [-0.2, -0.15) is 5.10 Å². The summed E-state index contributed by atoms with van der Waals surface area (Å²) in [6.07, 6.45) is 4.29. The van der Waals surface area contributed by atoms with E-state index in [1.807, 2.05) is 12.1 Å². The third kappa shape index (κ3) is 5.25. The zero-order valence-electron chi connectivity index (χ0n) is 24.2. The predicted octanol–water partition coefficient (Wildman–Crippen LogP) is 3.90. The van der Waals surface area contributed by atoms with Crippen molar-refractivity contribution in [2.75, 3.05) is 19.9 Å². The van der Waals surface area contributed by atoms with Crippen molar-refractivity contribution < 1.29 is 27.6 Å². The summed E-state index contributed by atoms with van der Waals surface area (Å²) in [4.78, 5) is 33.8. The maximum Gasteiger partial charge on any atom is 0.308 e. The molecule has 202 valence electrons. The van der Waals surface area contributed by atoms with Gasteiger partial charge in [0.25, 0.3) is 5.91 Å². The minimum atomic E-state index is -2.79. The van der Waals surface area contributed by atoms with Gasteiger partial charge in [0.1, 0.15) is 34.9 Å². The SMILES string of the molecule is [2H]C([2H])([2H])Oc1ccc(F)cc1C(=O)NCc1ccc(-c2nc(C3CCC(C(=O)OC)CC3)n3ncnc(N)c23)cc1. The first-order chi connectivity index (χ1) is 20.0. The van der Waals surface area contributed by atoms with Crippen LogP contribution in [0.15, 0.2) is 48.8 Å². The maximum absolute atomic E-state index is 13.8. The molecule has 10 nitrogen and oxygen atoms in total. The molecule has 5 rings (SSSR count). The highest BCUT2D eigenvalue weighted by Gasteiger charge is 2.31. The number of fused-ring (bicyclic) bond motifs is 1. The fourth-order valence-electron chi connectivity index (χ4n) is 5.02. The van der Waals surface area contributed by atoms with Crippen LogP contribution in [0.3, 0.4) is 0 Å². The highest BCUT2D eigenvalue weighted by molar-refractivity contribution is 5.97. The Hall–Kier alpha value is -4.54. The molecule has 0 aliphatic heterocycles. The van der Waals surface area contributed by atoms with E-state index in [2.05, 4.69) is 15.4 Å². The largest absolute Gasteiger partial charge is 0.496 e. The number of halogens is 1. The molecule has 4 aromatic rings. The molecule has 2 aromatic carbocycles. The molecule has 0 bridgehead atoms. The van der Waals surface area contributed by atoms with Crippen molar-refractivity contribution in [1.82, 2.24) is 24.9 Å². The van der Waals surface area contributed by atoms with Gasteiger partial charge in [-0.15, -0.1) is 0 Å². The van der Waals surface area contributed by atoms with Crippen LogP contribution in [0.25, 0.3) is 16.8 Å². The van der Waals surface area contributed by atoms with Crippen LogP contribution in [0, 0.1) is 11.7 Å². The number of amides is 1. The van der Waals surface area contributed by atoms with Crippen LogP contribution in [-0.2, 0) is 16.1 Å². The number of hydrogen-bond donors (Lipinski definition) is 2. The molecule has 3 N–H and O–H groups in total. The number of ether oxygens (including phenoxy) is 2. The number of nitrogens with one attached hydrogen (secondary N) is 1. The molecule has 0 spiro atoms. The number of anilines is 1. The molecule has 0 unspecified atom stereocenters. The Bertz CT molecular complexity index is 1620. The second kappa shape index (κ2) is 11.1. The van der Waals surface area contributed by atoms with Gasteiger partial charge in [-0.05, 0) is 49.4 Å². The Balaban J connectivity index is 1.34. The Morgan fingerprint density at radius 3 is 2.67 bits per heavy atom. The third-order valence-electron chi connectivity index (χ3n) is 7.09. The van der Waals surface area contributed by atoms with Gasteiger partial charge in [-0.3, -0.25) is 9.59 Å². The van der Waals surface area contributed by atoms with Crippen LogP contribution < -0.4 is 15.8 Å². The zero-order valence-corrected chi connectivity index (χ0v) is 21.2. The fourth-order valence-corrected chi connectivity index (χ4v) is 5.02. The summed E-state index contributed by atoms with van der Waals surface area (Å²) >= 11 is 0. The molecule has 39 heavy (non-hydrogen) atoms. The van der Waals surface area contributed by atoms with Gasteiger partial charge >= 0.3 is 5.97 Å². The van der Waals surface area contributed by atoms with Crippen molar-refractivity contribution in [1.29, 1.82) is 0 Å². The number of nitrogens with zero attached hydrogens (tertiary/aromatic N) is 4. The topological polar surface area (TPSA) is 134 Å². The van der Waals surface area contributed by atoms with Gasteiger partial charge in [0, 0.05) is 18.0 Å². The van der Waals surface area contributed by atoms with Crippen molar-refractivity contribution in [3.8, 4) is 17.0 Å². The summed E-state index contributed by atoms with van der Waals surface area (Å²) in [5, 5.41) is 7.08. The van der Waals surface area contributed by atoms with Crippen LogP contribution in [0.5, 0.6) is 5.75 Å². The van der Waals surface area contributed by atoms with E-state index in [1.54, 1.807) is 16.6 Å².